The number of nitro benzene ring substituents is 1. The molecule has 0 aliphatic rings. The molecule has 1 heterocycles. The maximum absolute atomic E-state index is 12.3. The van der Waals surface area contributed by atoms with E-state index in [0.29, 0.717) is 15.9 Å². The van der Waals surface area contributed by atoms with Gasteiger partial charge in [0.1, 0.15) is 0 Å². The largest absolute Gasteiger partial charge is 0.333 e. The molecule has 1 aromatic heterocycles. The Labute approximate surface area is 151 Å². The molecule has 0 fully saturated rings. The number of non-ortho nitro benzene ring substituents is 1. The molecule has 1 unspecified atom stereocenters. The van der Waals surface area contributed by atoms with E-state index >= 15 is 0 Å². The van der Waals surface area contributed by atoms with Crippen molar-refractivity contribution in [2.24, 2.45) is 0 Å². The number of halogens is 1. The Morgan fingerprint density at radius 1 is 1.32 bits per heavy atom. The number of benzene rings is 2. The van der Waals surface area contributed by atoms with E-state index in [0.717, 1.165) is 11.0 Å². The molecule has 0 spiro atoms. The number of imidazole rings is 1. The SMILES string of the molecule is CC(Sc1nc2ccc(Cl)cc2[nH]1)C(=O)Nc1ccc([N+](=O)[O-])cc1. The van der Waals surface area contributed by atoms with Gasteiger partial charge in [0.25, 0.3) is 5.69 Å². The van der Waals surface area contributed by atoms with Gasteiger partial charge in [-0.25, -0.2) is 4.98 Å². The number of anilines is 1. The van der Waals surface area contributed by atoms with Gasteiger partial charge in [0.15, 0.2) is 5.16 Å². The van der Waals surface area contributed by atoms with Gasteiger partial charge in [-0.15, -0.1) is 0 Å². The number of nitrogens with one attached hydrogen (secondary N) is 2. The predicted octanol–water partition coefficient (Wildman–Crippen LogP) is 4.24. The first-order valence-corrected chi connectivity index (χ1v) is 8.55. The van der Waals surface area contributed by atoms with Crippen molar-refractivity contribution in [1.29, 1.82) is 0 Å². The summed E-state index contributed by atoms with van der Waals surface area (Å²) in [7, 11) is 0. The normalized spacial score (nSPS) is 12.1. The number of H-pyrrole nitrogens is 1. The number of fused-ring (bicyclic) bond motifs is 1. The molecule has 0 radical (unpaired) electrons. The van der Waals surface area contributed by atoms with Crippen molar-refractivity contribution in [3.8, 4) is 0 Å². The van der Waals surface area contributed by atoms with Crippen LogP contribution in [0.15, 0.2) is 47.6 Å². The third-order valence-corrected chi connectivity index (χ3v) is 4.64. The topological polar surface area (TPSA) is 101 Å². The second-order valence-corrected chi connectivity index (χ2v) is 7.02. The summed E-state index contributed by atoms with van der Waals surface area (Å²) < 4.78 is 0. The quantitative estimate of drug-likeness (QED) is 0.394. The van der Waals surface area contributed by atoms with E-state index in [1.54, 1.807) is 25.1 Å². The van der Waals surface area contributed by atoms with Gasteiger partial charge in [0, 0.05) is 22.8 Å². The highest BCUT2D eigenvalue weighted by molar-refractivity contribution is 8.00. The van der Waals surface area contributed by atoms with Crippen LogP contribution >= 0.6 is 23.4 Å². The van der Waals surface area contributed by atoms with Gasteiger partial charge in [-0.2, -0.15) is 0 Å². The molecule has 25 heavy (non-hydrogen) atoms. The zero-order chi connectivity index (χ0) is 18.0. The van der Waals surface area contributed by atoms with Gasteiger partial charge in [-0.05, 0) is 37.3 Å². The highest BCUT2D eigenvalue weighted by Crippen LogP contribution is 2.26. The number of thioether (sulfide) groups is 1. The number of nitro groups is 1. The van der Waals surface area contributed by atoms with E-state index < -0.39 is 10.2 Å². The average Bonchev–Trinajstić information content (AvgIpc) is 2.96. The van der Waals surface area contributed by atoms with Crippen molar-refractivity contribution in [3.63, 3.8) is 0 Å². The van der Waals surface area contributed by atoms with Crippen molar-refractivity contribution in [3.05, 3.63) is 57.6 Å². The van der Waals surface area contributed by atoms with Gasteiger partial charge in [0.05, 0.1) is 21.2 Å². The summed E-state index contributed by atoms with van der Waals surface area (Å²) in [6, 6.07) is 11.0. The molecule has 128 valence electrons. The minimum atomic E-state index is -0.488. The fourth-order valence-corrected chi connectivity index (χ4v) is 3.14. The molecule has 3 aromatic rings. The smallest absolute Gasteiger partial charge is 0.269 e. The lowest BCUT2D eigenvalue weighted by atomic mass is 10.3. The number of nitrogens with zero attached hydrogens (tertiary/aromatic N) is 2. The first kappa shape index (κ1) is 17.2. The van der Waals surface area contributed by atoms with Crippen molar-refractivity contribution in [2.75, 3.05) is 5.32 Å². The van der Waals surface area contributed by atoms with E-state index in [2.05, 4.69) is 15.3 Å². The summed E-state index contributed by atoms with van der Waals surface area (Å²) in [6.45, 7) is 1.76. The average molecular weight is 377 g/mol. The van der Waals surface area contributed by atoms with Crippen LogP contribution in [0.4, 0.5) is 11.4 Å². The van der Waals surface area contributed by atoms with Crippen molar-refractivity contribution in [1.82, 2.24) is 9.97 Å². The molecule has 2 aromatic carbocycles. The maximum Gasteiger partial charge on any atom is 0.269 e. The highest BCUT2D eigenvalue weighted by atomic mass is 35.5. The standard InChI is InChI=1S/C16H13ClN4O3S/c1-9(15(22)18-11-3-5-12(6-4-11)21(23)24)25-16-19-13-7-2-10(17)8-14(13)20-16/h2-9H,1H3,(H,18,22)(H,19,20). The zero-order valence-electron chi connectivity index (χ0n) is 13.0. The van der Waals surface area contributed by atoms with Crippen LogP contribution in [0.1, 0.15) is 6.92 Å². The molecule has 1 amide bonds. The number of carbonyl (C=O) groups excluding carboxylic acids is 1. The lowest BCUT2D eigenvalue weighted by Crippen LogP contribution is -2.22. The second-order valence-electron chi connectivity index (χ2n) is 5.26. The third kappa shape index (κ3) is 4.09. The first-order valence-electron chi connectivity index (χ1n) is 7.29. The lowest BCUT2D eigenvalue weighted by Gasteiger charge is -2.10. The number of hydrogen-bond donors (Lipinski definition) is 2. The third-order valence-electron chi connectivity index (χ3n) is 3.43. The molecule has 1 atom stereocenters. The van der Waals surface area contributed by atoms with E-state index in [1.165, 1.54) is 36.0 Å². The summed E-state index contributed by atoms with van der Waals surface area (Å²) in [5.74, 6) is -0.225. The molecule has 0 aliphatic heterocycles. The van der Waals surface area contributed by atoms with Gasteiger partial charge in [0.2, 0.25) is 5.91 Å². The molecule has 0 bridgehead atoms. The van der Waals surface area contributed by atoms with Gasteiger partial charge in [-0.3, -0.25) is 14.9 Å². The Hall–Kier alpha value is -2.58. The second kappa shape index (κ2) is 7.12. The van der Waals surface area contributed by atoms with Crippen LogP contribution in [-0.4, -0.2) is 26.0 Å². The minimum Gasteiger partial charge on any atom is -0.333 e. The molecular weight excluding hydrogens is 364 g/mol. The molecule has 9 heteroatoms. The number of carbonyl (C=O) groups is 1. The van der Waals surface area contributed by atoms with Crippen LogP contribution in [0, 0.1) is 10.1 Å². The molecule has 2 N–H and O–H groups in total. The van der Waals surface area contributed by atoms with Crippen molar-refractivity contribution in [2.45, 2.75) is 17.3 Å². The maximum atomic E-state index is 12.3. The van der Waals surface area contributed by atoms with Gasteiger partial charge < -0.3 is 10.3 Å². The molecule has 7 nitrogen and oxygen atoms in total. The van der Waals surface area contributed by atoms with E-state index in [1.807, 2.05) is 0 Å². The highest BCUT2D eigenvalue weighted by Gasteiger charge is 2.17. The summed E-state index contributed by atoms with van der Waals surface area (Å²) in [5.41, 5.74) is 2.05. The van der Waals surface area contributed by atoms with Crippen LogP contribution in [0.3, 0.4) is 0 Å². The van der Waals surface area contributed by atoms with Crippen LogP contribution in [-0.2, 0) is 4.79 Å². The van der Waals surface area contributed by atoms with E-state index in [-0.39, 0.29) is 11.6 Å². The van der Waals surface area contributed by atoms with Gasteiger partial charge in [-0.1, -0.05) is 23.4 Å². The minimum absolute atomic E-state index is 0.0265. The number of rotatable bonds is 5. The molecule has 0 saturated heterocycles. The summed E-state index contributed by atoms with van der Waals surface area (Å²) in [5, 5.41) is 14.2. The van der Waals surface area contributed by atoms with Crippen LogP contribution in [0.25, 0.3) is 11.0 Å². The molecule has 0 saturated carbocycles. The molecule has 3 rings (SSSR count). The number of aromatic amines is 1. The number of amides is 1. The number of hydrogen-bond acceptors (Lipinski definition) is 5. The van der Waals surface area contributed by atoms with Crippen molar-refractivity contribution >= 4 is 51.7 Å². The Balaban J connectivity index is 1.66. The van der Waals surface area contributed by atoms with Crippen LogP contribution in [0.5, 0.6) is 0 Å². The summed E-state index contributed by atoms with van der Waals surface area (Å²) in [6.07, 6.45) is 0. The van der Waals surface area contributed by atoms with E-state index in [9.17, 15) is 14.9 Å². The summed E-state index contributed by atoms with van der Waals surface area (Å²) >= 11 is 7.22. The fourth-order valence-electron chi connectivity index (χ4n) is 2.15. The van der Waals surface area contributed by atoms with Gasteiger partial charge >= 0.3 is 0 Å². The lowest BCUT2D eigenvalue weighted by molar-refractivity contribution is -0.384. The van der Waals surface area contributed by atoms with Crippen LogP contribution < -0.4 is 5.32 Å². The monoisotopic (exact) mass is 376 g/mol. The molecule has 0 aliphatic carbocycles. The summed E-state index contributed by atoms with van der Waals surface area (Å²) in [4.78, 5) is 30.0. The zero-order valence-corrected chi connectivity index (χ0v) is 14.6. The Bertz CT molecular complexity index is 942. The van der Waals surface area contributed by atoms with Crippen LogP contribution in [0.2, 0.25) is 5.02 Å². The van der Waals surface area contributed by atoms with E-state index in [4.69, 9.17) is 11.6 Å². The van der Waals surface area contributed by atoms with Crippen molar-refractivity contribution < 1.29 is 9.72 Å². The Kier molecular flexibility index (Phi) is 4.91. The Morgan fingerprint density at radius 3 is 2.72 bits per heavy atom. The predicted molar refractivity (Wildman–Crippen MR) is 98.1 cm³/mol. The number of aromatic nitrogens is 2. The first-order chi connectivity index (χ1) is 11.9. The fraction of sp³-hybridized carbons (Fsp3) is 0.125. The Morgan fingerprint density at radius 2 is 2.04 bits per heavy atom. The molecular formula is C16H13ClN4O3S.